The topological polar surface area (TPSA) is 118 Å². The van der Waals surface area contributed by atoms with Gasteiger partial charge in [0, 0.05) is 36.3 Å². The van der Waals surface area contributed by atoms with Gasteiger partial charge in [-0.15, -0.1) is 5.10 Å². The van der Waals surface area contributed by atoms with Crippen LogP contribution in [0.5, 0.6) is 0 Å². The molecule has 166 valence electrons. The first kappa shape index (κ1) is 20.6. The molecule has 11 heteroatoms. The van der Waals surface area contributed by atoms with Gasteiger partial charge in [-0.3, -0.25) is 5.10 Å². The quantitative estimate of drug-likeness (QED) is 0.499. The maximum Gasteiger partial charge on any atom is 0.192 e. The number of nitrogens with one attached hydrogen (secondary N) is 1. The monoisotopic (exact) mass is 453 g/mol. The van der Waals surface area contributed by atoms with Crippen molar-refractivity contribution in [2.24, 2.45) is 0 Å². The van der Waals surface area contributed by atoms with Crippen LogP contribution in [-0.2, 0) is 14.6 Å². The van der Waals surface area contributed by atoms with Gasteiger partial charge in [0.2, 0.25) is 0 Å². The van der Waals surface area contributed by atoms with Crippen LogP contribution in [0.4, 0.5) is 5.82 Å². The van der Waals surface area contributed by atoms with E-state index in [9.17, 15) is 8.42 Å². The number of H-pyrrole nitrogens is 1. The minimum atomic E-state index is -3.40. The number of pyridine rings is 1. The van der Waals surface area contributed by atoms with Gasteiger partial charge in [0.1, 0.15) is 5.69 Å². The van der Waals surface area contributed by atoms with E-state index in [4.69, 9.17) is 9.84 Å². The summed E-state index contributed by atoms with van der Waals surface area (Å²) in [6.07, 6.45) is 6.19. The maximum atomic E-state index is 12.0. The molecule has 1 aliphatic rings. The molecule has 5 heterocycles. The first-order valence-corrected chi connectivity index (χ1v) is 12.1. The SMILES string of the molecule is Cc1cc(S(C)(=O)=O)ncc1-c1cc(N2CCOCC2C)nn2c(-c3ccn[nH]3)ncc12. The van der Waals surface area contributed by atoms with Crippen molar-refractivity contribution in [3.63, 3.8) is 0 Å². The van der Waals surface area contributed by atoms with Gasteiger partial charge in [0.25, 0.3) is 0 Å². The summed E-state index contributed by atoms with van der Waals surface area (Å²) in [5, 5.41) is 11.9. The second-order valence-corrected chi connectivity index (χ2v) is 9.95. The van der Waals surface area contributed by atoms with Crippen LogP contribution in [0.15, 0.2) is 41.8 Å². The number of hydrogen-bond acceptors (Lipinski definition) is 8. The number of sulfone groups is 1. The molecule has 5 rings (SSSR count). The molecule has 1 saturated heterocycles. The molecule has 0 spiro atoms. The molecule has 0 aliphatic carbocycles. The van der Waals surface area contributed by atoms with Crippen molar-refractivity contribution < 1.29 is 13.2 Å². The molecule has 0 saturated carbocycles. The lowest BCUT2D eigenvalue weighted by atomic mass is 10.0. The minimum Gasteiger partial charge on any atom is -0.377 e. The van der Waals surface area contributed by atoms with Crippen molar-refractivity contribution in [3.8, 4) is 22.6 Å². The molecule has 1 aliphatic heterocycles. The molecule has 0 amide bonds. The molecule has 0 aromatic carbocycles. The molecular formula is C21H23N7O3S. The van der Waals surface area contributed by atoms with Crippen molar-refractivity contribution in [1.29, 1.82) is 0 Å². The molecule has 1 atom stereocenters. The van der Waals surface area contributed by atoms with E-state index in [2.05, 4.69) is 32.0 Å². The highest BCUT2D eigenvalue weighted by Crippen LogP contribution is 2.33. The Kier molecular flexibility index (Phi) is 4.94. The fourth-order valence-corrected chi connectivity index (χ4v) is 4.60. The van der Waals surface area contributed by atoms with Crippen LogP contribution in [0.3, 0.4) is 0 Å². The number of aryl methyl sites for hydroxylation is 1. The van der Waals surface area contributed by atoms with Gasteiger partial charge in [-0.25, -0.2) is 22.9 Å². The summed E-state index contributed by atoms with van der Waals surface area (Å²) < 4.78 is 31.3. The number of nitrogens with zero attached hydrogens (tertiary/aromatic N) is 6. The van der Waals surface area contributed by atoms with Gasteiger partial charge in [-0.2, -0.15) is 5.10 Å². The molecule has 4 aromatic rings. The molecule has 10 nitrogen and oxygen atoms in total. The molecule has 1 fully saturated rings. The van der Waals surface area contributed by atoms with Crippen molar-refractivity contribution in [1.82, 2.24) is 29.8 Å². The second kappa shape index (κ2) is 7.68. The van der Waals surface area contributed by atoms with Crippen molar-refractivity contribution in [3.05, 3.63) is 42.4 Å². The molecule has 1 N–H and O–H groups in total. The zero-order valence-electron chi connectivity index (χ0n) is 18.0. The summed E-state index contributed by atoms with van der Waals surface area (Å²) in [5.74, 6) is 1.42. The lowest BCUT2D eigenvalue weighted by Crippen LogP contribution is -2.44. The van der Waals surface area contributed by atoms with Gasteiger partial charge in [0.15, 0.2) is 26.5 Å². The fraction of sp³-hybridized carbons (Fsp3) is 0.333. The number of anilines is 1. The van der Waals surface area contributed by atoms with Crippen LogP contribution in [0.1, 0.15) is 12.5 Å². The summed E-state index contributed by atoms with van der Waals surface area (Å²) in [5.41, 5.74) is 4.04. The largest absolute Gasteiger partial charge is 0.377 e. The normalized spacial score (nSPS) is 17.2. The van der Waals surface area contributed by atoms with Crippen LogP contribution in [0.2, 0.25) is 0 Å². The van der Waals surface area contributed by atoms with Gasteiger partial charge in [0.05, 0.1) is 31.0 Å². The van der Waals surface area contributed by atoms with Gasteiger partial charge < -0.3 is 9.64 Å². The van der Waals surface area contributed by atoms with Gasteiger partial charge >= 0.3 is 0 Å². The van der Waals surface area contributed by atoms with E-state index in [1.807, 2.05) is 19.1 Å². The Morgan fingerprint density at radius 1 is 1.19 bits per heavy atom. The number of imidazole rings is 1. The van der Waals surface area contributed by atoms with Crippen molar-refractivity contribution in [2.45, 2.75) is 24.9 Å². The smallest absolute Gasteiger partial charge is 0.192 e. The standard InChI is InChI=1S/C21H23N7O3S/c1-13-8-20(32(3,29)30)22-10-16(13)15-9-19(27-6-7-31-12-14(27)2)26-28-18(15)11-23-21(28)17-4-5-24-25-17/h4-5,8-11,14H,6-7,12H2,1-3H3,(H,24,25). The Bertz CT molecular complexity index is 1400. The van der Waals surface area contributed by atoms with Crippen LogP contribution < -0.4 is 4.90 Å². The first-order valence-electron chi connectivity index (χ1n) is 10.2. The Hall–Kier alpha value is -3.31. The predicted octanol–water partition coefficient (Wildman–Crippen LogP) is 2.12. The van der Waals surface area contributed by atoms with E-state index in [-0.39, 0.29) is 11.1 Å². The summed E-state index contributed by atoms with van der Waals surface area (Å²) in [6.45, 7) is 5.95. The average Bonchev–Trinajstić information content (AvgIpc) is 3.42. The third-order valence-corrected chi connectivity index (χ3v) is 6.63. The maximum absolute atomic E-state index is 12.0. The van der Waals surface area contributed by atoms with Crippen LogP contribution >= 0.6 is 0 Å². The summed E-state index contributed by atoms with van der Waals surface area (Å²) >= 11 is 0. The third kappa shape index (κ3) is 3.53. The van der Waals surface area contributed by atoms with E-state index in [1.54, 1.807) is 29.2 Å². The van der Waals surface area contributed by atoms with Gasteiger partial charge in [-0.1, -0.05) is 0 Å². The minimum absolute atomic E-state index is 0.0532. The van der Waals surface area contributed by atoms with E-state index in [0.717, 1.165) is 46.5 Å². The van der Waals surface area contributed by atoms with E-state index < -0.39 is 9.84 Å². The molecule has 0 radical (unpaired) electrons. The van der Waals surface area contributed by atoms with Gasteiger partial charge in [-0.05, 0) is 37.6 Å². The predicted molar refractivity (Wildman–Crippen MR) is 119 cm³/mol. The molecule has 4 aromatic heterocycles. The summed E-state index contributed by atoms with van der Waals surface area (Å²) in [6, 6.07) is 5.62. The molecule has 32 heavy (non-hydrogen) atoms. The zero-order chi connectivity index (χ0) is 22.5. The van der Waals surface area contributed by atoms with Crippen molar-refractivity contribution >= 4 is 21.2 Å². The fourth-order valence-electron chi connectivity index (χ4n) is 3.97. The highest BCUT2D eigenvalue weighted by Gasteiger charge is 2.24. The second-order valence-electron chi connectivity index (χ2n) is 7.99. The van der Waals surface area contributed by atoms with Crippen LogP contribution in [0, 0.1) is 6.92 Å². The average molecular weight is 454 g/mol. The Morgan fingerprint density at radius 2 is 2.03 bits per heavy atom. The van der Waals surface area contributed by atoms with E-state index in [1.165, 1.54) is 0 Å². The number of fused-ring (bicyclic) bond motifs is 1. The Morgan fingerprint density at radius 3 is 2.72 bits per heavy atom. The summed E-state index contributed by atoms with van der Waals surface area (Å²) in [4.78, 5) is 11.0. The number of morpholine rings is 1. The number of hydrogen-bond donors (Lipinski definition) is 1. The van der Waals surface area contributed by atoms with Crippen LogP contribution in [0.25, 0.3) is 28.2 Å². The Labute approximate surface area is 185 Å². The van der Waals surface area contributed by atoms with E-state index >= 15 is 0 Å². The molecule has 0 bridgehead atoms. The molecule has 1 unspecified atom stereocenters. The summed E-state index contributed by atoms with van der Waals surface area (Å²) in [7, 11) is -3.40. The molecular weight excluding hydrogens is 430 g/mol. The highest BCUT2D eigenvalue weighted by atomic mass is 32.2. The van der Waals surface area contributed by atoms with E-state index in [0.29, 0.717) is 19.0 Å². The number of rotatable bonds is 4. The lowest BCUT2D eigenvalue weighted by molar-refractivity contribution is 0.0984. The van der Waals surface area contributed by atoms with Crippen molar-refractivity contribution in [2.75, 3.05) is 30.9 Å². The lowest BCUT2D eigenvalue weighted by Gasteiger charge is -2.34. The zero-order valence-corrected chi connectivity index (χ0v) is 18.8. The highest BCUT2D eigenvalue weighted by molar-refractivity contribution is 7.90. The first-order chi connectivity index (χ1) is 15.3. The number of ether oxygens (including phenoxy) is 1. The number of aromatic amines is 1. The van der Waals surface area contributed by atoms with Crippen LogP contribution in [-0.4, -0.2) is 70.3 Å². The third-order valence-electron chi connectivity index (χ3n) is 5.65. The number of aromatic nitrogens is 6. The Balaban J connectivity index is 1.75.